The summed E-state index contributed by atoms with van der Waals surface area (Å²) in [5.41, 5.74) is 3.81. The lowest BCUT2D eigenvalue weighted by molar-refractivity contribution is 0.426. The second kappa shape index (κ2) is 6.38. The van der Waals surface area contributed by atoms with Crippen molar-refractivity contribution in [3.8, 4) is 0 Å². The van der Waals surface area contributed by atoms with E-state index in [0.29, 0.717) is 9.95 Å². The maximum Gasteiger partial charge on any atom is 0.488 e. The van der Waals surface area contributed by atoms with Gasteiger partial charge in [0.1, 0.15) is 17.1 Å². The van der Waals surface area contributed by atoms with Crippen LogP contribution in [0.25, 0.3) is 0 Å². The van der Waals surface area contributed by atoms with Gasteiger partial charge in [-0.1, -0.05) is 48.5 Å². The van der Waals surface area contributed by atoms with Crippen LogP contribution < -0.4 is 9.95 Å². The minimum Gasteiger partial charge on any atom is -0.423 e. The fourth-order valence-corrected chi connectivity index (χ4v) is 2.84. The van der Waals surface area contributed by atoms with Crippen LogP contribution in [0.5, 0.6) is 0 Å². The van der Waals surface area contributed by atoms with Crippen LogP contribution in [0.4, 0.5) is 17.1 Å². The Morgan fingerprint density at radius 2 is 1.00 bits per heavy atom. The molecule has 4 heteroatoms. The Morgan fingerprint density at radius 1 is 0.609 bits per heavy atom. The predicted octanol–water partition coefficient (Wildman–Crippen LogP) is 2.97. The van der Waals surface area contributed by atoms with Crippen molar-refractivity contribution in [1.29, 1.82) is 0 Å². The van der Waals surface area contributed by atoms with Crippen LogP contribution >= 0.6 is 0 Å². The smallest absolute Gasteiger partial charge is 0.423 e. The van der Waals surface area contributed by atoms with Gasteiger partial charge >= 0.3 is 7.12 Å². The second-order valence-electron chi connectivity index (χ2n) is 5.64. The Hall–Kier alpha value is -2.40. The van der Waals surface area contributed by atoms with E-state index in [4.69, 9.17) is 0 Å². The molecular weight excluding hydrogens is 285 g/mol. The first kappa shape index (κ1) is 15.5. The molecule has 3 nitrogen and oxygen atoms in total. The monoisotopic (exact) mass is 304 g/mol. The first-order valence-corrected chi connectivity index (χ1v) is 7.57. The van der Waals surface area contributed by atoms with E-state index in [1.807, 2.05) is 48.5 Å². The molecule has 23 heavy (non-hydrogen) atoms. The van der Waals surface area contributed by atoms with E-state index in [0.717, 1.165) is 17.1 Å². The largest absolute Gasteiger partial charge is 0.488 e. The summed E-state index contributed by atoms with van der Waals surface area (Å²) >= 11 is 0. The van der Waals surface area contributed by atoms with E-state index in [9.17, 15) is 10.0 Å². The molecule has 3 aromatic rings. The molecule has 0 saturated heterocycles. The molecule has 0 heterocycles. The summed E-state index contributed by atoms with van der Waals surface area (Å²) in [5, 5.41) is 18.6. The van der Waals surface area contributed by atoms with Gasteiger partial charge in [-0.15, -0.1) is 0 Å². The topological polar surface area (TPSA) is 40.5 Å². The zero-order chi connectivity index (χ0) is 16.3. The van der Waals surface area contributed by atoms with Crippen LogP contribution in [-0.4, -0.2) is 24.2 Å². The molecule has 0 fully saturated rings. The zero-order valence-corrected chi connectivity index (χ0v) is 13.0. The van der Waals surface area contributed by atoms with E-state index in [1.54, 1.807) is 12.1 Å². The average molecular weight is 304 g/mol. The van der Waals surface area contributed by atoms with Crippen molar-refractivity contribution >= 4 is 29.6 Å². The number of quaternary nitrogens is 1. The Labute approximate surface area is 136 Å². The molecule has 3 rings (SSSR count). The van der Waals surface area contributed by atoms with Crippen LogP contribution in [0, 0.1) is 0 Å². The fourth-order valence-electron chi connectivity index (χ4n) is 2.84. The highest BCUT2D eigenvalue weighted by Crippen LogP contribution is 2.40. The molecule has 0 spiro atoms. The quantitative estimate of drug-likeness (QED) is 0.575. The molecule has 0 bridgehead atoms. The van der Waals surface area contributed by atoms with Gasteiger partial charge in [0.2, 0.25) is 0 Å². The van der Waals surface area contributed by atoms with Gasteiger partial charge in [0.15, 0.2) is 0 Å². The molecule has 2 N–H and O–H groups in total. The third-order valence-electron chi connectivity index (χ3n) is 4.25. The number of hydrogen-bond donors (Lipinski definition) is 2. The van der Waals surface area contributed by atoms with Gasteiger partial charge in [0, 0.05) is 0 Å². The average Bonchev–Trinajstić information content (AvgIpc) is 2.62. The molecule has 0 atom stereocenters. The summed E-state index contributed by atoms with van der Waals surface area (Å²) in [6.45, 7) is 0. The highest BCUT2D eigenvalue weighted by Gasteiger charge is 2.31. The Balaban J connectivity index is 2.16. The molecule has 0 unspecified atom stereocenters. The highest BCUT2D eigenvalue weighted by molar-refractivity contribution is 6.58. The van der Waals surface area contributed by atoms with Gasteiger partial charge < -0.3 is 10.0 Å². The standard InChI is InChI=1S/C19H19BNO2/c1-21(17-8-4-2-5-9-17,18-10-6-3-7-11-18)19-14-12-16(13-15-19)20(22)23/h2-15,22-23H,1H3/q+1. The third kappa shape index (κ3) is 2.92. The van der Waals surface area contributed by atoms with Crippen LogP contribution in [0.1, 0.15) is 0 Å². The number of nitrogens with zero attached hydrogens (tertiary/aromatic N) is 1. The second-order valence-corrected chi connectivity index (χ2v) is 5.64. The van der Waals surface area contributed by atoms with Gasteiger partial charge in [0.25, 0.3) is 0 Å². The van der Waals surface area contributed by atoms with E-state index < -0.39 is 7.12 Å². The summed E-state index contributed by atoms with van der Waals surface area (Å²) < 4.78 is 0.503. The molecule has 0 saturated carbocycles. The molecule has 0 aliphatic heterocycles. The van der Waals surface area contributed by atoms with Crippen molar-refractivity contribution < 1.29 is 10.0 Å². The predicted molar refractivity (Wildman–Crippen MR) is 96.2 cm³/mol. The van der Waals surface area contributed by atoms with E-state index in [2.05, 4.69) is 31.3 Å². The lowest BCUT2D eigenvalue weighted by Crippen LogP contribution is -2.35. The first-order valence-electron chi connectivity index (χ1n) is 7.57. The molecule has 0 radical (unpaired) electrons. The number of hydrogen-bond acceptors (Lipinski definition) is 2. The van der Waals surface area contributed by atoms with Gasteiger partial charge in [-0.3, -0.25) is 0 Å². The molecule has 0 aliphatic rings. The van der Waals surface area contributed by atoms with Crippen molar-refractivity contribution in [3.63, 3.8) is 0 Å². The van der Waals surface area contributed by atoms with Crippen molar-refractivity contribution in [2.75, 3.05) is 7.05 Å². The molecule has 0 aliphatic carbocycles. The Bertz CT molecular complexity index is 719. The summed E-state index contributed by atoms with van der Waals surface area (Å²) in [4.78, 5) is 0. The van der Waals surface area contributed by atoms with Gasteiger partial charge in [0.05, 0.1) is 7.05 Å². The number of para-hydroxylation sites is 2. The van der Waals surface area contributed by atoms with Crippen LogP contribution in [0.15, 0.2) is 84.9 Å². The van der Waals surface area contributed by atoms with Gasteiger partial charge in [-0.25, -0.2) is 4.48 Å². The van der Waals surface area contributed by atoms with E-state index in [-0.39, 0.29) is 0 Å². The minimum absolute atomic E-state index is 0.487. The van der Waals surface area contributed by atoms with Gasteiger partial charge in [-0.2, -0.15) is 0 Å². The summed E-state index contributed by atoms with van der Waals surface area (Å²) in [7, 11) is 0.686. The minimum atomic E-state index is -1.45. The zero-order valence-electron chi connectivity index (χ0n) is 13.0. The fraction of sp³-hybridized carbons (Fsp3) is 0.0526. The molecule has 114 valence electrons. The molecular formula is C19H19BNO2+. The summed E-state index contributed by atoms with van der Waals surface area (Å²) in [5.74, 6) is 0. The van der Waals surface area contributed by atoms with Crippen molar-refractivity contribution in [2.24, 2.45) is 0 Å². The normalized spacial score (nSPS) is 11.3. The van der Waals surface area contributed by atoms with E-state index >= 15 is 0 Å². The maximum atomic E-state index is 9.30. The van der Waals surface area contributed by atoms with Crippen molar-refractivity contribution in [2.45, 2.75) is 0 Å². The number of benzene rings is 3. The SMILES string of the molecule is C[N+](c1ccccc1)(c1ccccc1)c1ccc(B(O)O)cc1. The lowest BCUT2D eigenvalue weighted by atomic mass is 9.80. The molecule has 3 aromatic carbocycles. The maximum absolute atomic E-state index is 9.30. The summed E-state index contributed by atoms with van der Waals surface area (Å²) in [6.07, 6.45) is 0. The van der Waals surface area contributed by atoms with Gasteiger partial charge in [-0.05, 0) is 41.9 Å². The lowest BCUT2D eigenvalue weighted by Gasteiger charge is -2.33. The Morgan fingerprint density at radius 3 is 1.39 bits per heavy atom. The highest BCUT2D eigenvalue weighted by atomic mass is 16.4. The van der Waals surface area contributed by atoms with Crippen molar-refractivity contribution in [3.05, 3.63) is 84.9 Å². The summed E-state index contributed by atoms with van der Waals surface area (Å²) in [6, 6.07) is 27.9. The molecule has 0 amide bonds. The van der Waals surface area contributed by atoms with Crippen molar-refractivity contribution in [1.82, 2.24) is 4.48 Å². The van der Waals surface area contributed by atoms with Crippen LogP contribution in [0.3, 0.4) is 0 Å². The Kier molecular flexibility index (Phi) is 4.30. The number of rotatable bonds is 4. The third-order valence-corrected chi connectivity index (χ3v) is 4.25. The van der Waals surface area contributed by atoms with Crippen LogP contribution in [0.2, 0.25) is 0 Å². The van der Waals surface area contributed by atoms with E-state index in [1.165, 1.54) is 0 Å². The van der Waals surface area contributed by atoms with Crippen LogP contribution in [-0.2, 0) is 0 Å². The molecule has 0 aromatic heterocycles. The first-order chi connectivity index (χ1) is 11.1.